The molecule has 23 heavy (non-hydrogen) atoms. The number of aromatic nitrogens is 1. The Balaban J connectivity index is 1.77. The molecule has 0 radical (unpaired) electrons. The number of fused-ring (bicyclic) bond motifs is 1. The Hall–Kier alpha value is -2.66. The van der Waals surface area contributed by atoms with Crippen molar-refractivity contribution < 1.29 is 14.3 Å². The summed E-state index contributed by atoms with van der Waals surface area (Å²) >= 11 is 0. The number of amides is 1. The molecule has 3 aromatic rings. The number of hydrogen-bond acceptors (Lipinski definition) is 2. The molecule has 1 amide bonds. The predicted molar refractivity (Wildman–Crippen MR) is 86.6 cm³/mol. The number of carbonyl (C=O) groups is 1. The van der Waals surface area contributed by atoms with Crippen molar-refractivity contribution in [1.82, 2.24) is 9.88 Å². The van der Waals surface area contributed by atoms with Gasteiger partial charge in [-0.1, -0.05) is 18.2 Å². The van der Waals surface area contributed by atoms with Gasteiger partial charge in [-0.25, -0.2) is 4.39 Å². The third-order valence-electron chi connectivity index (χ3n) is 3.87. The second-order valence-electron chi connectivity index (χ2n) is 5.50. The monoisotopic (exact) mass is 312 g/mol. The van der Waals surface area contributed by atoms with E-state index in [-0.39, 0.29) is 18.3 Å². The van der Waals surface area contributed by atoms with Crippen LogP contribution in [0.15, 0.2) is 54.7 Å². The summed E-state index contributed by atoms with van der Waals surface area (Å²) in [4.78, 5) is 17.2. The zero-order valence-corrected chi connectivity index (χ0v) is 12.7. The van der Waals surface area contributed by atoms with Gasteiger partial charge >= 0.3 is 0 Å². The van der Waals surface area contributed by atoms with E-state index in [1.54, 1.807) is 19.3 Å². The highest BCUT2D eigenvalue weighted by Crippen LogP contribution is 2.20. The SMILES string of the molecule is CN(C[C@H](O)c1ccc(F)cc1)C(=O)c1cccc2[nH]ccc12. The summed E-state index contributed by atoms with van der Waals surface area (Å²) in [7, 11) is 1.64. The Morgan fingerprint density at radius 3 is 2.70 bits per heavy atom. The van der Waals surface area contributed by atoms with Crippen LogP contribution in [0.1, 0.15) is 22.0 Å². The van der Waals surface area contributed by atoms with Gasteiger partial charge in [0.2, 0.25) is 0 Å². The topological polar surface area (TPSA) is 56.3 Å². The van der Waals surface area contributed by atoms with E-state index in [2.05, 4.69) is 4.98 Å². The van der Waals surface area contributed by atoms with E-state index in [1.807, 2.05) is 18.2 Å². The largest absolute Gasteiger partial charge is 0.387 e. The standard InChI is InChI=1S/C18H17FN2O2/c1-21(11-17(22)12-5-7-13(19)8-6-12)18(23)15-3-2-4-16-14(15)9-10-20-16/h2-10,17,20,22H,11H2,1H3/t17-/m0/s1. The second kappa shape index (κ2) is 6.22. The fourth-order valence-electron chi connectivity index (χ4n) is 2.61. The van der Waals surface area contributed by atoms with E-state index < -0.39 is 6.10 Å². The lowest BCUT2D eigenvalue weighted by atomic mass is 10.1. The highest BCUT2D eigenvalue weighted by Gasteiger charge is 2.18. The van der Waals surface area contributed by atoms with Crippen LogP contribution in [0.2, 0.25) is 0 Å². The van der Waals surface area contributed by atoms with Crippen molar-refractivity contribution >= 4 is 16.8 Å². The van der Waals surface area contributed by atoms with Crippen LogP contribution in [0.4, 0.5) is 4.39 Å². The number of nitrogens with zero attached hydrogens (tertiary/aromatic N) is 1. The van der Waals surface area contributed by atoms with Gasteiger partial charge in [0.25, 0.3) is 5.91 Å². The number of rotatable bonds is 4. The molecule has 0 saturated carbocycles. The smallest absolute Gasteiger partial charge is 0.254 e. The molecule has 0 unspecified atom stereocenters. The number of halogens is 1. The molecule has 0 aliphatic carbocycles. The molecule has 118 valence electrons. The number of nitrogens with one attached hydrogen (secondary N) is 1. The number of aromatic amines is 1. The Morgan fingerprint density at radius 1 is 1.22 bits per heavy atom. The Bertz CT molecular complexity index is 826. The molecule has 0 bridgehead atoms. The number of H-pyrrole nitrogens is 1. The van der Waals surface area contributed by atoms with Crippen molar-refractivity contribution in [2.75, 3.05) is 13.6 Å². The molecule has 0 aliphatic rings. The van der Waals surface area contributed by atoms with Gasteiger partial charge < -0.3 is 15.0 Å². The van der Waals surface area contributed by atoms with Gasteiger partial charge in [-0.2, -0.15) is 0 Å². The molecular formula is C18H17FN2O2. The van der Waals surface area contributed by atoms with Crippen LogP contribution in [-0.4, -0.2) is 34.5 Å². The van der Waals surface area contributed by atoms with Gasteiger partial charge in [0.15, 0.2) is 0 Å². The minimum absolute atomic E-state index is 0.130. The van der Waals surface area contributed by atoms with E-state index in [9.17, 15) is 14.3 Å². The van der Waals surface area contributed by atoms with E-state index in [4.69, 9.17) is 0 Å². The zero-order chi connectivity index (χ0) is 16.4. The second-order valence-corrected chi connectivity index (χ2v) is 5.50. The van der Waals surface area contributed by atoms with Gasteiger partial charge in [0.1, 0.15) is 5.82 Å². The molecule has 1 atom stereocenters. The highest BCUT2D eigenvalue weighted by molar-refractivity contribution is 6.06. The lowest BCUT2D eigenvalue weighted by Gasteiger charge is -2.21. The van der Waals surface area contributed by atoms with Crippen molar-refractivity contribution in [3.63, 3.8) is 0 Å². The molecule has 4 nitrogen and oxygen atoms in total. The maximum atomic E-state index is 12.9. The fraction of sp³-hybridized carbons (Fsp3) is 0.167. The fourth-order valence-corrected chi connectivity index (χ4v) is 2.61. The van der Waals surface area contributed by atoms with Gasteiger partial charge in [0.05, 0.1) is 12.6 Å². The molecule has 0 spiro atoms. The van der Waals surface area contributed by atoms with Crippen molar-refractivity contribution in [2.24, 2.45) is 0 Å². The molecule has 3 rings (SSSR count). The third kappa shape index (κ3) is 3.10. The molecule has 2 aromatic carbocycles. The van der Waals surface area contributed by atoms with E-state index >= 15 is 0 Å². The first-order valence-corrected chi connectivity index (χ1v) is 7.31. The normalized spacial score (nSPS) is 12.3. The lowest BCUT2D eigenvalue weighted by Crippen LogP contribution is -2.31. The third-order valence-corrected chi connectivity index (χ3v) is 3.87. The Kier molecular flexibility index (Phi) is 4.12. The van der Waals surface area contributed by atoms with Crippen LogP contribution in [0.3, 0.4) is 0 Å². The Labute approximate surface area is 133 Å². The number of carbonyl (C=O) groups excluding carboxylic acids is 1. The number of likely N-dealkylation sites (N-methyl/N-ethyl adjacent to an activating group) is 1. The summed E-state index contributed by atoms with van der Waals surface area (Å²) in [6.45, 7) is 0.130. The maximum Gasteiger partial charge on any atom is 0.254 e. The number of aliphatic hydroxyl groups excluding tert-OH is 1. The minimum Gasteiger partial charge on any atom is -0.387 e. The minimum atomic E-state index is -0.866. The van der Waals surface area contributed by atoms with Gasteiger partial charge in [-0.3, -0.25) is 4.79 Å². The van der Waals surface area contributed by atoms with Gasteiger partial charge in [0, 0.05) is 29.7 Å². The van der Waals surface area contributed by atoms with Crippen molar-refractivity contribution in [3.05, 3.63) is 71.7 Å². The molecule has 1 heterocycles. The van der Waals surface area contributed by atoms with Gasteiger partial charge in [-0.15, -0.1) is 0 Å². The number of aliphatic hydroxyl groups is 1. The number of hydrogen-bond donors (Lipinski definition) is 2. The van der Waals surface area contributed by atoms with Crippen molar-refractivity contribution in [3.8, 4) is 0 Å². The average Bonchev–Trinajstić information content (AvgIpc) is 3.03. The predicted octanol–water partition coefficient (Wildman–Crippen LogP) is 3.11. The highest BCUT2D eigenvalue weighted by atomic mass is 19.1. The zero-order valence-electron chi connectivity index (χ0n) is 12.7. The van der Waals surface area contributed by atoms with Crippen LogP contribution in [0.25, 0.3) is 10.9 Å². The summed E-state index contributed by atoms with van der Waals surface area (Å²) in [5.74, 6) is -0.527. The molecule has 0 fully saturated rings. The summed E-state index contributed by atoms with van der Waals surface area (Å²) < 4.78 is 12.9. The molecule has 5 heteroatoms. The summed E-state index contributed by atoms with van der Waals surface area (Å²) in [6, 6.07) is 13.0. The van der Waals surface area contributed by atoms with Crippen molar-refractivity contribution in [1.29, 1.82) is 0 Å². The quantitative estimate of drug-likeness (QED) is 0.778. The molecular weight excluding hydrogens is 295 g/mol. The summed E-state index contributed by atoms with van der Waals surface area (Å²) in [5.41, 5.74) is 2.05. The van der Waals surface area contributed by atoms with E-state index in [0.717, 1.165) is 10.9 Å². The van der Waals surface area contributed by atoms with Crippen LogP contribution < -0.4 is 0 Å². The molecule has 0 saturated heterocycles. The first-order chi connectivity index (χ1) is 11.1. The summed E-state index contributed by atoms with van der Waals surface area (Å²) in [5, 5.41) is 11.1. The number of benzene rings is 2. The molecule has 2 N–H and O–H groups in total. The van der Waals surface area contributed by atoms with E-state index in [0.29, 0.717) is 11.1 Å². The van der Waals surface area contributed by atoms with Crippen LogP contribution >= 0.6 is 0 Å². The molecule has 0 aliphatic heterocycles. The first kappa shape index (κ1) is 15.2. The Morgan fingerprint density at radius 2 is 1.96 bits per heavy atom. The molecule has 1 aromatic heterocycles. The first-order valence-electron chi connectivity index (χ1n) is 7.31. The lowest BCUT2D eigenvalue weighted by molar-refractivity contribution is 0.0682. The van der Waals surface area contributed by atoms with E-state index in [1.165, 1.54) is 29.2 Å². The van der Waals surface area contributed by atoms with Crippen LogP contribution in [-0.2, 0) is 0 Å². The van der Waals surface area contributed by atoms with Crippen molar-refractivity contribution in [2.45, 2.75) is 6.10 Å². The van der Waals surface area contributed by atoms with Crippen LogP contribution in [0, 0.1) is 5.82 Å². The van der Waals surface area contributed by atoms with Gasteiger partial charge in [-0.05, 0) is 35.9 Å². The maximum absolute atomic E-state index is 12.9. The van der Waals surface area contributed by atoms with Crippen LogP contribution in [0.5, 0.6) is 0 Å². The average molecular weight is 312 g/mol. The summed E-state index contributed by atoms with van der Waals surface area (Å²) in [6.07, 6.45) is 0.921.